The fraction of sp³-hybridized carbons (Fsp3) is 0. The summed E-state index contributed by atoms with van der Waals surface area (Å²) in [5, 5.41) is 8.81. The summed E-state index contributed by atoms with van der Waals surface area (Å²) in [6.45, 7) is 0. The highest BCUT2D eigenvalue weighted by atomic mass is 16.4. The molecule has 2 aromatic heterocycles. The van der Waals surface area contributed by atoms with Gasteiger partial charge in [0.2, 0.25) is 0 Å². The number of fused-ring (bicyclic) bond motifs is 1. The van der Waals surface area contributed by atoms with Gasteiger partial charge in [-0.05, 0) is 30.3 Å². The number of oxazole rings is 1. The van der Waals surface area contributed by atoms with Crippen LogP contribution in [0.4, 0.5) is 5.69 Å². The number of nitrogens with two attached hydrogens (primary N) is 1. The quantitative estimate of drug-likeness (QED) is 0.668. The summed E-state index contributed by atoms with van der Waals surface area (Å²) < 4.78 is 5.88. The average Bonchev–Trinajstić information content (AvgIpc) is 2.81. The lowest BCUT2D eigenvalue weighted by Crippen LogP contribution is -2.23. The lowest BCUT2D eigenvalue weighted by Gasteiger charge is -2.01. The van der Waals surface area contributed by atoms with Gasteiger partial charge in [0.15, 0.2) is 5.58 Å². The molecule has 0 saturated carbocycles. The van der Waals surface area contributed by atoms with Crippen molar-refractivity contribution in [1.82, 2.24) is 9.55 Å². The Morgan fingerprint density at radius 1 is 1.33 bits per heavy atom. The molecule has 0 bridgehead atoms. The van der Waals surface area contributed by atoms with E-state index in [9.17, 15) is 9.59 Å². The van der Waals surface area contributed by atoms with E-state index in [1.165, 1.54) is 30.5 Å². The molecule has 0 atom stereocenters. The molecule has 0 aliphatic carbocycles. The smallest absolute Gasteiger partial charge is 0.407 e. The number of carbonyl (C=O) groups excluding carboxylic acids is 1. The SMILES string of the molecule is N#Cc1cc(C(=O)n2c(=O)oc3ccc(N)cc32)ccn1. The Bertz CT molecular complexity index is 962. The largest absolute Gasteiger partial charge is 0.427 e. The number of anilines is 1. The molecule has 0 amide bonds. The number of nitriles is 1. The normalized spacial score (nSPS) is 10.4. The molecule has 1 aromatic carbocycles. The Hall–Kier alpha value is -3.40. The van der Waals surface area contributed by atoms with Crippen LogP contribution >= 0.6 is 0 Å². The van der Waals surface area contributed by atoms with Gasteiger partial charge in [-0.3, -0.25) is 4.79 Å². The van der Waals surface area contributed by atoms with Crippen LogP contribution in [0.15, 0.2) is 45.7 Å². The van der Waals surface area contributed by atoms with Gasteiger partial charge in [0.05, 0.1) is 0 Å². The minimum absolute atomic E-state index is 0.0845. The summed E-state index contributed by atoms with van der Waals surface area (Å²) in [5.74, 6) is -1.42. The molecule has 2 N–H and O–H groups in total. The number of hydrogen-bond donors (Lipinski definition) is 1. The zero-order chi connectivity index (χ0) is 15.0. The molecule has 102 valence electrons. The average molecular weight is 280 g/mol. The summed E-state index contributed by atoms with van der Waals surface area (Å²) in [6.07, 6.45) is 1.33. The number of benzene rings is 1. The predicted octanol–water partition coefficient (Wildman–Crippen LogP) is 1.13. The first-order chi connectivity index (χ1) is 10.1. The van der Waals surface area contributed by atoms with E-state index in [-0.39, 0.29) is 22.4 Å². The first kappa shape index (κ1) is 12.6. The highest BCUT2D eigenvalue weighted by molar-refractivity contribution is 6.01. The Labute approximate surface area is 117 Å². The molecule has 3 aromatic rings. The third-order valence-electron chi connectivity index (χ3n) is 2.93. The summed E-state index contributed by atoms with van der Waals surface area (Å²) >= 11 is 0. The summed E-state index contributed by atoms with van der Waals surface area (Å²) in [5.41, 5.74) is 6.85. The van der Waals surface area contributed by atoms with E-state index in [0.717, 1.165) is 4.57 Å². The molecule has 0 saturated heterocycles. The molecule has 7 heteroatoms. The highest BCUT2D eigenvalue weighted by Gasteiger charge is 2.18. The maximum atomic E-state index is 12.4. The van der Waals surface area contributed by atoms with E-state index in [1.54, 1.807) is 6.07 Å². The number of carbonyl (C=O) groups is 1. The van der Waals surface area contributed by atoms with Crippen LogP contribution in [-0.2, 0) is 0 Å². The number of aromatic nitrogens is 2. The predicted molar refractivity (Wildman–Crippen MR) is 73.6 cm³/mol. The lowest BCUT2D eigenvalue weighted by molar-refractivity contribution is 0.0956. The van der Waals surface area contributed by atoms with Gasteiger partial charge in [-0.2, -0.15) is 5.26 Å². The van der Waals surface area contributed by atoms with Crippen molar-refractivity contribution >= 4 is 22.7 Å². The van der Waals surface area contributed by atoms with Crippen molar-refractivity contribution in [2.75, 3.05) is 5.73 Å². The minimum atomic E-state index is -0.809. The van der Waals surface area contributed by atoms with Gasteiger partial charge in [0.1, 0.15) is 17.3 Å². The molecule has 7 nitrogen and oxygen atoms in total. The van der Waals surface area contributed by atoms with Gasteiger partial charge >= 0.3 is 5.76 Å². The third kappa shape index (κ3) is 2.04. The van der Waals surface area contributed by atoms with E-state index >= 15 is 0 Å². The van der Waals surface area contributed by atoms with Crippen molar-refractivity contribution < 1.29 is 9.21 Å². The monoisotopic (exact) mass is 280 g/mol. The van der Waals surface area contributed by atoms with Crippen molar-refractivity contribution in [2.45, 2.75) is 0 Å². The van der Waals surface area contributed by atoms with E-state index < -0.39 is 11.7 Å². The molecular formula is C14H8N4O3. The Balaban J connectivity index is 2.22. The zero-order valence-corrected chi connectivity index (χ0v) is 10.6. The molecular weight excluding hydrogens is 272 g/mol. The summed E-state index contributed by atoms with van der Waals surface area (Å²) in [7, 11) is 0. The van der Waals surface area contributed by atoms with Crippen LogP contribution in [0.1, 0.15) is 16.1 Å². The Morgan fingerprint density at radius 3 is 2.90 bits per heavy atom. The van der Waals surface area contributed by atoms with E-state index in [0.29, 0.717) is 5.69 Å². The number of hydrogen-bond acceptors (Lipinski definition) is 6. The van der Waals surface area contributed by atoms with Gasteiger partial charge in [-0.25, -0.2) is 14.3 Å². The van der Waals surface area contributed by atoms with E-state index in [1.807, 2.05) is 6.07 Å². The van der Waals surface area contributed by atoms with Crippen LogP contribution in [0.5, 0.6) is 0 Å². The van der Waals surface area contributed by atoms with Crippen LogP contribution in [0.25, 0.3) is 11.1 Å². The van der Waals surface area contributed by atoms with Crippen molar-refractivity contribution in [3.05, 3.63) is 58.3 Å². The zero-order valence-electron chi connectivity index (χ0n) is 10.6. The van der Waals surface area contributed by atoms with Crippen molar-refractivity contribution in [1.29, 1.82) is 5.26 Å². The molecule has 21 heavy (non-hydrogen) atoms. The minimum Gasteiger partial charge on any atom is -0.407 e. The second kappa shape index (κ2) is 4.61. The summed E-state index contributed by atoms with van der Waals surface area (Å²) in [6, 6.07) is 9.12. The van der Waals surface area contributed by atoms with Gasteiger partial charge in [-0.15, -0.1) is 0 Å². The van der Waals surface area contributed by atoms with Gasteiger partial charge < -0.3 is 10.2 Å². The standard InChI is InChI=1S/C14H8N4O3/c15-7-10-5-8(3-4-17-10)13(19)18-11-6-9(16)1-2-12(11)21-14(18)20/h1-6H,16H2. The number of pyridine rings is 1. The fourth-order valence-electron chi connectivity index (χ4n) is 1.98. The van der Waals surface area contributed by atoms with Crippen LogP contribution in [-0.4, -0.2) is 15.5 Å². The molecule has 3 rings (SSSR count). The number of nitrogen functional groups attached to an aromatic ring is 1. The van der Waals surface area contributed by atoms with Crippen molar-refractivity contribution in [3.63, 3.8) is 0 Å². The molecule has 0 spiro atoms. The molecule has 0 fully saturated rings. The first-order valence-corrected chi connectivity index (χ1v) is 5.92. The maximum Gasteiger partial charge on any atom is 0.427 e. The third-order valence-corrected chi connectivity index (χ3v) is 2.93. The lowest BCUT2D eigenvalue weighted by atomic mass is 10.2. The van der Waals surface area contributed by atoms with Gasteiger partial charge in [-0.1, -0.05) is 0 Å². The van der Waals surface area contributed by atoms with Crippen molar-refractivity contribution in [2.24, 2.45) is 0 Å². The first-order valence-electron chi connectivity index (χ1n) is 5.92. The second-order valence-electron chi connectivity index (χ2n) is 4.28. The number of nitrogens with zero attached hydrogens (tertiary/aromatic N) is 3. The maximum absolute atomic E-state index is 12.4. The molecule has 0 aliphatic heterocycles. The van der Waals surface area contributed by atoms with E-state index in [2.05, 4.69) is 4.98 Å². The Kier molecular flexibility index (Phi) is 2.77. The fourth-order valence-corrected chi connectivity index (χ4v) is 1.98. The van der Waals surface area contributed by atoms with Gasteiger partial charge in [0.25, 0.3) is 5.91 Å². The molecule has 0 aliphatic rings. The second-order valence-corrected chi connectivity index (χ2v) is 4.28. The number of rotatable bonds is 1. The molecule has 0 radical (unpaired) electrons. The Morgan fingerprint density at radius 2 is 2.14 bits per heavy atom. The van der Waals surface area contributed by atoms with Crippen molar-refractivity contribution in [3.8, 4) is 6.07 Å². The van der Waals surface area contributed by atoms with Crippen LogP contribution in [0.2, 0.25) is 0 Å². The van der Waals surface area contributed by atoms with Crippen LogP contribution in [0, 0.1) is 11.3 Å². The highest BCUT2D eigenvalue weighted by Crippen LogP contribution is 2.17. The topological polar surface area (TPSA) is 115 Å². The summed E-state index contributed by atoms with van der Waals surface area (Å²) in [4.78, 5) is 28.1. The van der Waals surface area contributed by atoms with Crippen LogP contribution < -0.4 is 11.5 Å². The molecule has 2 heterocycles. The molecule has 0 unspecified atom stereocenters. The van der Waals surface area contributed by atoms with Gasteiger partial charge in [0, 0.05) is 17.4 Å². The van der Waals surface area contributed by atoms with Crippen LogP contribution in [0.3, 0.4) is 0 Å². The van der Waals surface area contributed by atoms with E-state index in [4.69, 9.17) is 15.4 Å².